The molecule has 1 fully saturated rings. The van der Waals surface area contributed by atoms with Gasteiger partial charge in [-0.05, 0) is 12.1 Å². The summed E-state index contributed by atoms with van der Waals surface area (Å²) in [7, 11) is 0. The number of morpholine rings is 1. The molecule has 1 aromatic rings. The van der Waals surface area contributed by atoms with Gasteiger partial charge in [-0.1, -0.05) is 0 Å². The molecule has 18 heavy (non-hydrogen) atoms. The molecule has 2 heterocycles. The first-order valence-electron chi connectivity index (χ1n) is 5.60. The van der Waals surface area contributed by atoms with Crippen LogP contribution in [0.2, 0.25) is 0 Å². The van der Waals surface area contributed by atoms with Crippen LogP contribution in [0.5, 0.6) is 0 Å². The number of anilines is 1. The second kappa shape index (κ2) is 5.11. The van der Waals surface area contributed by atoms with Gasteiger partial charge < -0.3 is 15.4 Å². The van der Waals surface area contributed by atoms with E-state index in [2.05, 4.69) is 4.98 Å². The van der Waals surface area contributed by atoms with Gasteiger partial charge in [0.25, 0.3) is 0 Å². The van der Waals surface area contributed by atoms with Crippen molar-refractivity contribution in [3.8, 4) is 0 Å². The fourth-order valence-corrected chi connectivity index (χ4v) is 1.88. The molecule has 2 N–H and O–H groups in total. The molecule has 1 atom stereocenters. The van der Waals surface area contributed by atoms with Crippen molar-refractivity contribution in [1.29, 1.82) is 0 Å². The minimum absolute atomic E-state index is 0.0389. The molecule has 1 saturated heterocycles. The summed E-state index contributed by atoms with van der Waals surface area (Å²) >= 11 is 0. The lowest BCUT2D eigenvalue weighted by molar-refractivity contribution is -0.137. The normalized spacial score (nSPS) is 21.1. The molecule has 1 aromatic heterocycles. The van der Waals surface area contributed by atoms with E-state index in [0.29, 0.717) is 32.1 Å². The van der Waals surface area contributed by atoms with Gasteiger partial charge in [0.05, 0.1) is 24.8 Å². The largest absolute Gasteiger partial charge is 0.417 e. The minimum Gasteiger partial charge on any atom is -0.377 e. The molecule has 0 amide bonds. The van der Waals surface area contributed by atoms with Crippen LogP contribution in [0.25, 0.3) is 0 Å². The highest BCUT2D eigenvalue weighted by atomic mass is 19.4. The number of nitrogens with two attached hydrogens (primary N) is 1. The zero-order valence-electron chi connectivity index (χ0n) is 9.65. The summed E-state index contributed by atoms with van der Waals surface area (Å²) in [5.41, 5.74) is 4.85. The molecule has 0 aliphatic carbocycles. The lowest BCUT2D eigenvalue weighted by atomic mass is 10.2. The fourth-order valence-electron chi connectivity index (χ4n) is 1.88. The first-order chi connectivity index (χ1) is 8.52. The first-order valence-corrected chi connectivity index (χ1v) is 5.60. The Morgan fingerprint density at radius 3 is 2.78 bits per heavy atom. The van der Waals surface area contributed by atoms with Crippen molar-refractivity contribution in [2.45, 2.75) is 12.2 Å². The molecule has 0 saturated carbocycles. The van der Waals surface area contributed by atoms with Crippen LogP contribution in [-0.4, -0.2) is 37.3 Å². The molecule has 4 nitrogen and oxygen atoms in total. The molecule has 7 heteroatoms. The van der Waals surface area contributed by atoms with E-state index in [9.17, 15) is 13.2 Å². The van der Waals surface area contributed by atoms with Crippen molar-refractivity contribution >= 4 is 5.82 Å². The van der Waals surface area contributed by atoms with Crippen LogP contribution in [0.3, 0.4) is 0 Å². The predicted octanol–water partition coefficient (Wildman–Crippen LogP) is 1.26. The summed E-state index contributed by atoms with van der Waals surface area (Å²) < 4.78 is 42.5. The van der Waals surface area contributed by atoms with Crippen molar-refractivity contribution in [1.82, 2.24) is 4.98 Å². The van der Waals surface area contributed by atoms with E-state index < -0.39 is 11.7 Å². The standard InChI is InChI=1S/C11H14F3N3O/c12-11(13,14)8-1-2-10(16-6-8)17-3-4-18-7-9(17)5-15/h1-2,6,9H,3-5,7,15H2. The van der Waals surface area contributed by atoms with Gasteiger partial charge in [-0.25, -0.2) is 4.98 Å². The van der Waals surface area contributed by atoms with Crippen LogP contribution < -0.4 is 10.6 Å². The first kappa shape index (κ1) is 13.1. The van der Waals surface area contributed by atoms with Crippen molar-refractivity contribution < 1.29 is 17.9 Å². The SMILES string of the molecule is NCC1COCCN1c1ccc(C(F)(F)F)cn1. The highest BCUT2D eigenvalue weighted by Crippen LogP contribution is 2.29. The average molecular weight is 261 g/mol. The Bertz CT molecular complexity index is 394. The van der Waals surface area contributed by atoms with Crippen LogP contribution in [0.4, 0.5) is 19.0 Å². The Morgan fingerprint density at radius 2 is 2.22 bits per heavy atom. The van der Waals surface area contributed by atoms with Crippen molar-refractivity contribution in [3.63, 3.8) is 0 Å². The predicted molar refractivity (Wildman–Crippen MR) is 60.2 cm³/mol. The second-order valence-corrected chi connectivity index (χ2v) is 4.06. The molecule has 2 rings (SSSR count). The lowest BCUT2D eigenvalue weighted by Gasteiger charge is -2.35. The van der Waals surface area contributed by atoms with E-state index in [4.69, 9.17) is 10.5 Å². The number of rotatable bonds is 2. The van der Waals surface area contributed by atoms with Gasteiger partial charge in [0.2, 0.25) is 0 Å². The van der Waals surface area contributed by atoms with Crippen molar-refractivity contribution in [2.24, 2.45) is 5.73 Å². The lowest BCUT2D eigenvalue weighted by Crippen LogP contribution is -2.49. The number of hydrogen-bond donors (Lipinski definition) is 1. The summed E-state index contributed by atoms with van der Waals surface area (Å²) in [5.74, 6) is 0.502. The quantitative estimate of drug-likeness (QED) is 0.871. The van der Waals surface area contributed by atoms with Gasteiger partial charge in [-0.15, -0.1) is 0 Å². The molecule has 0 radical (unpaired) electrons. The Balaban J connectivity index is 2.18. The molecule has 0 bridgehead atoms. The van der Waals surface area contributed by atoms with E-state index in [1.54, 1.807) is 0 Å². The molecule has 1 aliphatic rings. The average Bonchev–Trinajstić information content (AvgIpc) is 2.38. The zero-order chi connectivity index (χ0) is 13.2. The van der Waals surface area contributed by atoms with Gasteiger partial charge in [0.15, 0.2) is 0 Å². The van der Waals surface area contributed by atoms with Gasteiger partial charge in [0, 0.05) is 19.3 Å². The second-order valence-electron chi connectivity index (χ2n) is 4.06. The molecule has 0 aromatic carbocycles. The Hall–Kier alpha value is -1.34. The molecule has 1 aliphatic heterocycles. The van der Waals surface area contributed by atoms with Gasteiger partial charge in [-0.3, -0.25) is 0 Å². The summed E-state index contributed by atoms with van der Waals surface area (Å²) in [6.45, 7) is 1.96. The molecular formula is C11H14F3N3O. The number of pyridine rings is 1. The monoisotopic (exact) mass is 261 g/mol. The molecule has 0 spiro atoms. The molecule has 1 unspecified atom stereocenters. The number of halogens is 3. The Kier molecular flexibility index (Phi) is 3.72. The van der Waals surface area contributed by atoms with Gasteiger partial charge >= 0.3 is 6.18 Å². The smallest absolute Gasteiger partial charge is 0.377 e. The van der Waals surface area contributed by atoms with Crippen LogP contribution in [0, 0.1) is 0 Å². The van der Waals surface area contributed by atoms with Crippen LogP contribution in [-0.2, 0) is 10.9 Å². The third-order valence-corrected chi connectivity index (χ3v) is 2.87. The maximum atomic E-state index is 12.4. The highest BCUT2D eigenvalue weighted by molar-refractivity contribution is 5.41. The van der Waals surface area contributed by atoms with E-state index >= 15 is 0 Å². The molecule has 100 valence electrons. The third-order valence-electron chi connectivity index (χ3n) is 2.87. The minimum atomic E-state index is -4.36. The number of alkyl halides is 3. The zero-order valence-corrected chi connectivity index (χ0v) is 9.65. The van der Waals surface area contributed by atoms with E-state index in [-0.39, 0.29) is 6.04 Å². The number of hydrogen-bond acceptors (Lipinski definition) is 4. The van der Waals surface area contributed by atoms with E-state index in [1.807, 2.05) is 4.90 Å². The number of ether oxygens (including phenoxy) is 1. The number of aromatic nitrogens is 1. The summed E-state index contributed by atoms with van der Waals surface area (Å²) in [6.07, 6.45) is -3.51. The van der Waals surface area contributed by atoms with Crippen LogP contribution in [0.1, 0.15) is 5.56 Å². The Labute approximate surface area is 103 Å². The van der Waals surface area contributed by atoms with E-state index in [0.717, 1.165) is 12.3 Å². The van der Waals surface area contributed by atoms with Crippen LogP contribution >= 0.6 is 0 Å². The van der Waals surface area contributed by atoms with Crippen LogP contribution in [0.15, 0.2) is 18.3 Å². The van der Waals surface area contributed by atoms with Gasteiger partial charge in [0.1, 0.15) is 5.82 Å². The van der Waals surface area contributed by atoms with E-state index in [1.165, 1.54) is 6.07 Å². The number of nitrogens with zero attached hydrogens (tertiary/aromatic N) is 2. The van der Waals surface area contributed by atoms with Crippen molar-refractivity contribution in [2.75, 3.05) is 31.2 Å². The maximum Gasteiger partial charge on any atom is 0.417 e. The fraction of sp³-hybridized carbons (Fsp3) is 0.545. The van der Waals surface area contributed by atoms with Crippen molar-refractivity contribution in [3.05, 3.63) is 23.9 Å². The maximum absolute atomic E-state index is 12.4. The topological polar surface area (TPSA) is 51.4 Å². The highest BCUT2D eigenvalue weighted by Gasteiger charge is 2.31. The molecular weight excluding hydrogens is 247 g/mol. The summed E-state index contributed by atoms with van der Waals surface area (Å²) in [4.78, 5) is 5.74. The summed E-state index contributed by atoms with van der Waals surface area (Å²) in [5, 5.41) is 0. The third kappa shape index (κ3) is 2.73. The summed E-state index contributed by atoms with van der Waals surface area (Å²) in [6, 6.07) is 2.37. The van der Waals surface area contributed by atoms with Gasteiger partial charge in [-0.2, -0.15) is 13.2 Å². The Morgan fingerprint density at radius 1 is 1.44 bits per heavy atom.